The first kappa shape index (κ1) is 15.5. The van der Waals surface area contributed by atoms with Crippen LogP contribution < -0.4 is 5.56 Å². The van der Waals surface area contributed by atoms with Crippen LogP contribution in [0.1, 0.15) is 35.2 Å². The Labute approximate surface area is 135 Å². The van der Waals surface area contributed by atoms with E-state index >= 15 is 0 Å². The molecule has 23 heavy (non-hydrogen) atoms. The Bertz CT molecular complexity index is 739. The van der Waals surface area contributed by atoms with Gasteiger partial charge in [0, 0.05) is 44.3 Å². The van der Waals surface area contributed by atoms with Crippen molar-refractivity contribution in [2.45, 2.75) is 31.7 Å². The van der Waals surface area contributed by atoms with Crippen molar-refractivity contribution >= 4 is 5.91 Å². The Kier molecular flexibility index (Phi) is 4.55. The molecule has 1 fully saturated rings. The summed E-state index contributed by atoms with van der Waals surface area (Å²) in [5, 5.41) is 0. The SMILES string of the molecule is Cn1cc(C(=O)N2CCC[C@H]2CCc2ccncc2)ccc1=O. The van der Waals surface area contributed by atoms with Crippen LogP contribution in [0.15, 0.2) is 47.7 Å². The minimum absolute atomic E-state index is 0.0258. The molecule has 0 unspecified atom stereocenters. The highest BCUT2D eigenvalue weighted by Gasteiger charge is 2.29. The molecular formula is C18H21N3O2. The number of pyridine rings is 2. The highest BCUT2D eigenvalue weighted by molar-refractivity contribution is 5.94. The molecule has 0 spiro atoms. The van der Waals surface area contributed by atoms with Crippen LogP contribution in [0.2, 0.25) is 0 Å². The molecule has 1 aliphatic rings. The van der Waals surface area contributed by atoms with E-state index in [1.807, 2.05) is 17.0 Å². The average molecular weight is 311 g/mol. The summed E-state index contributed by atoms with van der Waals surface area (Å²) in [6.07, 6.45) is 9.23. The molecule has 1 aliphatic heterocycles. The predicted molar refractivity (Wildman–Crippen MR) is 88.3 cm³/mol. The normalized spacial score (nSPS) is 17.4. The van der Waals surface area contributed by atoms with Crippen molar-refractivity contribution in [3.63, 3.8) is 0 Å². The molecule has 5 heteroatoms. The Balaban J connectivity index is 1.69. The lowest BCUT2D eigenvalue weighted by Crippen LogP contribution is -2.36. The van der Waals surface area contributed by atoms with Crippen molar-refractivity contribution in [3.8, 4) is 0 Å². The average Bonchev–Trinajstić information content (AvgIpc) is 3.04. The molecule has 0 aliphatic carbocycles. The summed E-state index contributed by atoms with van der Waals surface area (Å²) in [6.45, 7) is 0.794. The Hall–Kier alpha value is -2.43. The number of likely N-dealkylation sites (tertiary alicyclic amines) is 1. The van der Waals surface area contributed by atoms with Gasteiger partial charge in [-0.3, -0.25) is 14.6 Å². The molecule has 5 nitrogen and oxygen atoms in total. The van der Waals surface area contributed by atoms with E-state index in [4.69, 9.17) is 0 Å². The molecule has 3 heterocycles. The van der Waals surface area contributed by atoms with Crippen molar-refractivity contribution < 1.29 is 4.79 Å². The van der Waals surface area contributed by atoms with Gasteiger partial charge in [0.15, 0.2) is 0 Å². The Morgan fingerprint density at radius 3 is 2.78 bits per heavy atom. The van der Waals surface area contributed by atoms with Crippen LogP contribution in [0, 0.1) is 0 Å². The van der Waals surface area contributed by atoms with Gasteiger partial charge < -0.3 is 9.47 Å². The smallest absolute Gasteiger partial charge is 0.255 e. The fourth-order valence-corrected chi connectivity index (χ4v) is 3.17. The summed E-state index contributed by atoms with van der Waals surface area (Å²) in [7, 11) is 1.67. The van der Waals surface area contributed by atoms with Gasteiger partial charge in [0.2, 0.25) is 5.56 Å². The van der Waals surface area contributed by atoms with E-state index in [0.29, 0.717) is 5.56 Å². The number of amides is 1. The zero-order chi connectivity index (χ0) is 16.2. The van der Waals surface area contributed by atoms with E-state index in [2.05, 4.69) is 4.98 Å². The van der Waals surface area contributed by atoms with Gasteiger partial charge in [0.05, 0.1) is 5.56 Å². The number of hydrogen-bond donors (Lipinski definition) is 0. The Morgan fingerprint density at radius 2 is 2.04 bits per heavy atom. The molecule has 0 saturated carbocycles. The number of rotatable bonds is 4. The molecule has 0 aromatic carbocycles. The van der Waals surface area contributed by atoms with Crippen LogP contribution in [-0.4, -0.2) is 32.9 Å². The van der Waals surface area contributed by atoms with Gasteiger partial charge in [-0.2, -0.15) is 0 Å². The second-order valence-electron chi connectivity index (χ2n) is 6.06. The highest BCUT2D eigenvalue weighted by Crippen LogP contribution is 2.23. The lowest BCUT2D eigenvalue weighted by Gasteiger charge is -2.25. The van der Waals surface area contributed by atoms with Gasteiger partial charge >= 0.3 is 0 Å². The van der Waals surface area contributed by atoms with E-state index in [1.165, 1.54) is 16.2 Å². The number of carbonyl (C=O) groups is 1. The van der Waals surface area contributed by atoms with E-state index in [-0.39, 0.29) is 17.5 Å². The molecule has 2 aromatic heterocycles. The first-order valence-electron chi connectivity index (χ1n) is 8.02. The lowest BCUT2D eigenvalue weighted by molar-refractivity contribution is 0.0729. The first-order chi connectivity index (χ1) is 11.1. The van der Waals surface area contributed by atoms with Gasteiger partial charge in [-0.15, -0.1) is 0 Å². The second kappa shape index (κ2) is 6.77. The van der Waals surface area contributed by atoms with Crippen LogP contribution >= 0.6 is 0 Å². The largest absolute Gasteiger partial charge is 0.336 e. The summed E-state index contributed by atoms with van der Waals surface area (Å²) in [5.74, 6) is 0.0258. The zero-order valence-electron chi connectivity index (χ0n) is 13.3. The Morgan fingerprint density at radius 1 is 1.26 bits per heavy atom. The third kappa shape index (κ3) is 3.50. The van der Waals surface area contributed by atoms with Gasteiger partial charge in [-0.05, 0) is 49.4 Å². The topological polar surface area (TPSA) is 55.2 Å². The summed E-state index contributed by atoms with van der Waals surface area (Å²) in [5.41, 5.74) is 1.74. The summed E-state index contributed by atoms with van der Waals surface area (Å²) in [6, 6.07) is 7.40. The van der Waals surface area contributed by atoms with Gasteiger partial charge in [0.25, 0.3) is 5.91 Å². The third-order valence-corrected chi connectivity index (χ3v) is 4.49. The van der Waals surface area contributed by atoms with E-state index in [9.17, 15) is 9.59 Å². The number of aromatic nitrogens is 2. The molecule has 1 amide bonds. The van der Waals surface area contributed by atoms with Gasteiger partial charge in [0.1, 0.15) is 0 Å². The lowest BCUT2D eigenvalue weighted by atomic mass is 10.0. The van der Waals surface area contributed by atoms with Gasteiger partial charge in [-0.25, -0.2) is 0 Å². The fraction of sp³-hybridized carbons (Fsp3) is 0.389. The fourth-order valence-electron chi connectivity index (χ4n) is 3.17. The molecule has 1 saturated heterocycles. The number of aryl methyl sites for hydroxylation is 2. The summed E-state index contributed by atoms with van der Waals surface area (Å²) < 4.78 is 1.45. The predicted octanol–water partition coefficient (Wildman–Crippen LogP) is 2.02. The van der Waals surface area contributed by atoms with Crippen molar-refractivity contribution in [2.24, 2.45) is 7.05 Å². The maximum atomic E-state index is 12.7. The van der Waals surface area contributed by atoms with Crippen molar-refractivity contribution in [1.29, 1.82) is 0 Å². The summed E-state index contributed by atoms with van der Waals surface area (Å²) >= 11 is 0. The molecule has 0 N–H and O–H groups in total. The first-order valence-corrected chi connectivity index (χ1v) is 8.02. The summed E-state index contributed by atoms with van der Waals surface area (Å²) in [4.78, 5) is 30.2. The quantitative estimate of drug-likeness (QED) is 0.868. The van der Waals surface area contributed by atoms with Crippen LogP contribution in [0.4, 0.5) is 0 Å². The van der Waals surface area contributed by atoms with Gasteiger partial charge in [-0.1, -0.05) is 0 Å². The molecule has 0 bridgehead atoms. The van der Waals surface area contributed by atoms with E-state index in [1.54, 1.807) is 31.7 Å². The van der Waals surface area contributed by atoms with Crippen LogP contribution in [-0.2, 0) is 13.5 Å². The minimum Gasteiger partial charge on any atom is -0.336 e. The van der Waals surface area contributed by atoms with Crippen molar-refractivity contribution in [3.05, 3.63) is 64.3 Å². The maximum absolute atomic E-state index is 12.7. The standard InChI is InChI=1S/C18H21N3O2/c1-20-13-15(5-7-17(20)22)18(23)21-12-2-3-16(21)6-4-14-8-10-19-11-9-14/h5,7-11,13,16H,2-4,6,12H2,1H3/t16-/m0/s1. The maximum Gasteiger partial charge on any atom is 0.255 e. The zero-order valence-corrected chi connectivity index (χ0v) is 13.3. The monoisotopic (exact) mass is 311 g/mol. The molecule has 3 rings (SSSR count). The molecule has 1 atom stereocenters. The van der Waals surface area contributed by atoms with Crippen LogP contribution in [0.25, 0.3) is 0 Å². The van der Waals surface area contributed by atoms with E-state index in [0.717, 1.165) is 32.2 Å². The second-order valence-corrected chi connectivity index (χ2v) is 6.06. The number of carbonyl (C=O) groups excluding carboxylic acids is 1. The van der Waals surface area contributed by atoms with Crippen LogP contribution in [0.5, 0.6) is 0 Å². The molecule has 0 radical (unpaired) electrons. The minimum atomic E-state index is -0.0998. The third-order valence-electron chi connectivity index (χ3n) is 4.49. The molecule has 2 aromatic rings. The van der Waals surface area contributed by atoms with Crippen molar-refractivity contribution in [2.75, 3.05) is 6.54 Å². The highest BCUT2D eigenvalue weighted by atomic mass is 16.2. The molecule has 120 valence electrons. The van der Waals surface area contributed by atoms with Crippen molar-refractivity contribution in [1.82, 2.24) is 14.5 Å². The number of nitrogens with zero attached hydrogens (tertiary/aromatic N) is 3. The number of hydrogen-bond acceptors (Lipinski definition) is 3. The molecular weight excluding hydrogens is 290 g/mol. The van der Waals surface area contributed by atoms with E-state index < -0.39 is 0 Å². The van der Waals surface area contributed by atoms with Crippen LogP contribution in [0.3, 0.4) is 0 Å².